The number of rotatable bonds is 6. The highest BCUT2D eigenvalue weighted by atomic mass is 16.5. The summed E-state index contributed by atoms with van der Waals surface area (Å²) in [5.74, 6) is 1.22. The van der Waals surface area contributed by atoms with Crippen molar-refractivity contribution in [2.45, 2.75) is 39.5 Å². The summed E-state index contributed by atoms with van der Waals surface area (Å²) >= 11 is 0. The van der Waals surface area contributed by atoms with Crippen LogP contribution in [0.3, 0.4) is 0 Å². The number of anilines is 2. The van der Waals surface area contributed by atoms with Crippen LogP contribution in [0.1, 0.15) is 64.3 Å². The molecule has 2 amide bonds. The summed E-state index contributed by atoms with van der Waals surface area (Å²) in [6.45, 7) is 10.1. The molecule has 212 valence electrons. The Morgan fingerprint density at radius 2 is 1.76 bits per heavy atom. The maximum Gasteiger partial charge on any atom is 0.277 e. The van der Waals surface area contributed by atoms with Crippen LogP contribution in [0.5, 0.6) is 0 Å². The van der Waals surface area contributed by atoms with Crippen LogP contribution in [0.15, 0.2) is 53.1 Å². The molecular formula is C30H33N7O4. The number of benzene rings is 2. The molecule has 41 heavy (non-hydrogen) atoms. The van der Waals surface area contributed by atoms with Gasteiger partial charge < -0.3 is 25.2 Å². The molecule has 0 saturated carbocycles. The van der Waals surface area contributed by atoms with E-state index in [0.29, 0.717) is 66.9 Å². The maximum absolute atomic E-state index is 12.9. The molecule has 1 saturated heterocycles. The van der Waals surface area contributed by atoms with E-state index in [4.69, 9.17) is 15.0 Å². The summed E-state index contributed by atoms with van der Waals surface area (Å²) < 4.78 is 10.7. The van der Waals surface area contributed by atoms with Gasteiger partial charge in [0.15, 0.2) is 11.5 Å². The van der Waals surface area contributed by atoms with Crippen molar-refractivity contribution in [2.75, 3.05) is 37.4 Å². The molecule has 2 aromatic carbocycles. The first-order valence-electron chi connectivity index (χ1n) is 13.4. The average molecular weight is 556 g/mol. The molecule has 1 fully saturated rings. The number of nitrogens with zero attached hydrogens (tertiary/aromatic N) is 5. The number of nitrogens with one attached hydrogen (secondary N) is 1. The third-order valence-electron chi connectivity index (χ3n) is 6.87. The minimum atomic E-state index is -0.379. The number of amides is 2. The molecule has 1 aliphatic rings. The number of carbonyl (C=O) groups excluding carboxylic acids is 2. The molecule has 0 radical (unpaired) electrons. The second-order valence-electron chi connectivity index (χ2n) is 11.0. The molecule has 0 unspecified atom stereocenters. The van der Waals surface area contributed by atoms with Gasteiger partial charge in [-0.25, -0.2) is 4.98 Å². The van der Waals surface area contributed by atoms with Gasteiger partial charge in [-0.05, 0) is 36.2 Å². The summed E-state index contributed by atoms with van der Waals surface area (Å²) in [5, 5.41) is 6.83. The van der Waals surface area contributed by atoms with Crippen molar-refractivity contribution in [3.05, 3.63) is 82.5 Å². The highest BCUT2D eigenvalue weighted by Gasteiger charge is 2.23. The fourth-order valence-corrected chi connectivity index (χ4v) is 4.47. The molecule has 1 aliphatic heterocycles. The first-order chi connectivity index (χ1) is 19.6. The van der Waals surface area contributed by atoms with E-state index in [9.17, 15) is 9.59 Å². The zero-order chi connectivity index (χ0) is 29.1. The summed E-state index contributed by atoms with van der Waals surface area (Å²) in [7, 11) is 0. The van der Waals surface area contributed by atoms with Crippen molar-refractivity contribution in [3.63, 3.8) is 0 Å². The minimum absolute atomic E-state index is 0.00724. The Morgan fingerprint density at radius 1 is 1.02 bits per heavy atom. The van der Waals surface area contributed by atoms with Crippen LogP contribution in [0.2, 0.25) is 0 Å². The van der Waals surface area contributed by atoms with E-state index in [-0.39, 0.29) is 28.9 Å². The largest absolute Gasteiger partial charge is 0.378 e. The van der Waals surface area contributed by atoms with Gasteiger partial charge in [0.05, 0.1) is 13.2 Å². The van der Waals surface area contributed by atoms with Crippen molar-refractivity contribution in [2.24, 2.45) is 0 Å². The number of nitrogen functional groups attached to an aromatic ring is 1. The fourth-order valence-electron chi connectivity index (χ4n) is 4.47. The van der Waals surface area contributed by atoms with Crippen LogP contribution < -0.4 is 11.1 Å². The lowest BCUT2D eigenvalue weighted by Crippen LogP contribution is -2.40. The minimum Gasteiger partial charge on any atom is -0.378 e. The zero-order valence-electron chi connectivity index (χ0n) is 23.6. The van der Waals surface area contributed by atoms with Crippen LogP contribution in [0.4, 0.5) is 11.6 Å². The number of carbonyl (C=O) groups is 2. The van der Waals surface area contributed by atoms with E-state index in [0.717, 1.165) is 11.1 Å². The van der Waals surface area contributed by atoms with Crippen molar-refractivity contribution in [1.82, 2.24) is 25.0 Å². The van der Waals surface area contributed by atoms with Gasteiger partial charge in [-0.15, -0.1) is 0 Å². The van der Waals surface area contributed by atoms with Gasteiger partial charge in [0.25, 0.3) is 11.8 Å². The third kappa shape index (κ3) is 6.41. The number of hydrogen-bond donors (Lipinski definition) is 2. The van der Waals surface area contributed by atoms with Crippen molar-refractivity contribution in [3.8, 4) is 11.4 Å². The Kier molecular flexibility index (Phi) is 7.80. The second-order valence-corrected chi connectivity index (χ2v) is 11.0. The summed E-state index contributed by atoms with van der Waals surface area (Å²) in [4.78, 5) is 40.8. The molecule has 5 rings (SSSR count). The summed E-state index contributed by atoms with van der Waals surface area (Å²) in [5.41, 5.74) is 9.63. The first-order valence-corrected chi connectivity index (χ1v) is 13.4. The van der Waals surface area contributed by atoms with Crippen molar-refractivity contribution in [1.29, 1.82) is 0 Å². The molecular weight excluding hydrogens is 522 g/mol. The molecule has 0 aliphatic carbocycles. The van der Waals surface area contributed by atoms with E-state index in [2.05, 4.69) is 25.4 Å². The molecule has 2 aromatic heterocycles. The molecule has 3 N–H and O–H groups in total. The van der Waals surface area contributed by atoms with Gasteiger partial charge >= 0.3 is 0 Å². The van der Waals surface area contributed by atoms with E-state index in [1.54, 1.807) is 17.0 Å². The molecule has 0 bridgehead atoms. The number of ether oxygens (including phenoxy) is 1. The van der Waals surface area contributed by atoms with Crippen molar-refractivity contribution < 1.29 is 18.8 Å². The lowest BCUT2D eigenvalue weighted by Gasteiger charge is -2.26. The molecule has 11 nitrogen and oxygen atoms in total. The monoisotopic (exact) mass is 555 g/mol. The zero-order valence-corrected chi connectivity index (χ0v) is 23.6. The van der Waals surface area contributed by atoms with E-state index >= 15 is 0 Å². The number of morpholine rings is 1. The van der Waals surface area contributed by atoms with Gasteiger partial charge in [0, 0.05) is 47.8 Å². The Balaban J connectivity index is 1.33. The Hall–Kier alpha value is -4.64. The summed E-state index contributed by atoms with van der Waals surface area (Å²) in [6.07, 6.45) is 0.406. The highest BCUT2D eigenvalue weighted by Crippen LogP contribution is 2.28. The Morgan fingerprint density at radius 3 is 2.44 bits per heavy atom. The number of nitrogens with two attached hydrogens (primary N) is 1. The van der Waals surface area contributed by atoms with E-state index < -0.39 is 0 Å². The summed E-state index contributed by atoms with van der Waals surface area (Å²) in [6, 6.07) is 14.5. The topological polar surface area (TPSA) is 149 Å². The van der Waals surface area contributed by atoms with Crippen molar-refractivity contribution >= 4 is 23.5 Å². The molecule has 11 heteroatoms. The maximum atomic E-state index is 12.9. The van der Waals surface area contributed by atoms with Crippen LogP contribution in [-0.2, 0) is 16.6 Å². The average Bonchev–Trinajstić information content (AvgIpc) is 3.46. The quantitative estimate of drug-likeness (QED) is 0.359. The normalized spacial score (nSPS) is 13.7. The van der Waals surface area contributed by atoms with Crippen LogP contribution >= 0.6 is 0 Å². The van der Waals surface area contributed by atoms with E-state index in [1.807, 2.05) is 64.1 Å². The van der Waals surface area contributed by atoms with Crippen LogP contribution in [0, 0.1) is 6.92 Å². The van der Waals surface area contributed by atoms with Gasteiger partial charge in [0.1, 0.15) is 11.6 Å². The lowest BCUT2D eigenvalue weighted by molar-refractivity contribution is 0.0303. The van der Waals surface area contributed by atoms with Gasteiger partial charge in [-0.3, -0.25) is 9.59 Å². The second kappa shape index (κ2) is 11.5. The Labute approximate surface area is 238 Å². The number of hydrogen-bond acceptors (Lipinski definition) is 9. The molecule has 4 aromatic rings. The molecule has 0 spiro atoms. The lowest BCUT2D eigenvalue weighted by atomic mass is 9.93. The van der Waals surface area contributed by atoms with E-state index in [1.165, 1.54) is 0 Å². The van der Waals surface area contributed by atoms with Gasteiger partial charge in [0.2, 0.25) is 5.95 Å². The predicted molar refractivity (Wildman–Crippen MR) is 154 cm³/mol. The third-order valence-corrected chi connectivity index (χ3v) is 6.87. The SMILES string of the molecule is Cc1c(NC(=O)c2cc(C(C)(C)C)on2)cccc1-c1nc(N)nc(Cc2ccc(C(=O)N3CCOCC3)cc2)n1. The highest BCUT2D eigenvalue weighted by molar-refractivity contribution is 6.03. The first kappa shape index (κ1) is 27.9. The predicted octanol–water partition coefficient (Wildman–Crippen LogP) is 4.03. The molecule has 0 atom stereocenters. The Bertz CT molecular complexity index is 1570. The molecule has 3 heterocycles. The van der Waals surface area contributed by atoms with Gasteiger partial charge in [-0.2, -0.15) is 9.97 Å². The van der Waals surface area contributed by atoms with Crippen LogP contribution in [-0.4, -0.2) is 63.1 Å². The standard InChI is InChI=1S/C30H33N7O4/c1-18-21(6-5-7-22(18)32-27(38)23-17-24(41-36-23)30(2,3)4)26-33-25(34-29(31)35-26)16-19-8-10-20(11-9-19)28(39)37-12-14-40-15-13-37/h5-11,17H,12-16H2,1-4H3,(H,32,38)(H2,31,33,34,35). The van der Waals surface area contributed by atoms with Crippen LogP contribution in [0.25, 0.3) is 11.4 Å². The van der Waals surface area contributed by atoms with Gasteiger partial charge in [-0.1, -0.05) is 50.2 Å². The smallest absolute Gasteiger partial charge is 0.277 e. The fraction of sp³-hybridized carbons (Fsp3) is 0.333. The number of aromatic nitrogens is 4.